The van der Waals surface area contributed by atoms with Gasteiger partial charge in [0.1, 0.15) is 0 Å². The van der Waals surface area contributed by atoms with Crippen molar-refractivity contribution in [2.45, 2.75) is 37.8 Å². The second kappa shape index (κ2) is 2.46. The molecule has 0 aliphatic heterocycles. The highest BCUT2D eigenvalue weighted by Gasteiger charge is 2.15. The van der Waals surface area contributed by atoms with E-state index in [1.807, 2.05) is 0 Å². The van der Waals surface area contributed by atoms with Crippen molar-refractivity contribution in [3.05, 3.63) is 0 Å². The Morgan fingerprint density at radius 2 is 2.12 bits per heavy atom. The number of rotatable bonds is 0. The lowest BCUT2D eigenvalue weighted by molar-refractivity contribution is 0.120. The van der Waals surface area contributed by atoms with Crippen LogP contribution in [0.2, 0.25) is 0 Å². The molecule has 0 aromatic heterocycles. The van der Waals surface area contributed by atoms with Gasteiger partial charge in [0.05, 0.1) is 6.10 Å². The monoisotopic (exact) mass is 115 g/mol. The Labute approximate surface area is 49.7 Å². The van der Waals surface area contributed by atoms with Gasteiger partial charge in [0.25, 0.3) is 0 Å². The fourth-order valence-corrected chi connectivity index (χ4v) is 1.20. The standard InChI is InChI=1S/C6H13NO/c7-5-2-1-3-6(8)4-5/h5-6,8H,1-4,7H2/t5-,6?/m1/s1. The maximum Gasteiger partial charge on any atom is 0.0555 e. The van der Waals surface area contributed by atoms with Crippen LogP contribution in [0, 0.1) is 0 Å². The number of hydrogen-bond acceptors (Lipinski definition) is 2. The minimum Gasteiger partial charge on any atom is -0.393 e. The minimum atomic E-state index is -0.112. The maximum atomic E-state index is 9.00. The second-order valence-electron chi connectivity index (χ2n) is 2.58. The van der Waals surface area contributed by atoms with Crippen molar-refractivity contribution in [1.82, 2.24) is 0 Å². The Bertz CT molecular complexity index is 66.9. The third-order valence-electron chi connectivity index (χ3n) is 1.69. The Kier molecular flexibility index (Phi) is 1.86. The summed E-state index contributed by atoms with van der Waals surface area (Å²) in [6.45, 7) is 0. The first-order valence-electron chi connectivity index (χ1n) is 3.22. The molecule has 0 heterocycles. The van der Waals surface area contributed by atoms with Crippen molar-refractivity contribution < 1.29 is 5.11 Å². The molecule has 1 unspecified atom stereocenters. The van der Waals surface area contributed by atoms with Crippen molar-refractivity contribution in [3.8, 4) is 0 Å². The van der Waals surface area contributed by atoms with Gasteiger partial charge in [0.15, 0.2) is 0 Å². The molecule has 1 aliphatic rings. The number of aliphatic hydroxyl groups excluding tert-OH is 1. The smallest absolute Gasteiger partial charge is 0.0555 e. The normalized spacial score (nSPS) is 39.8. The predicted octanol–water partition coefficient (Wildman–Crippen LogP) is 0.249. The molecule has 0 radical (unpaired) electrons. The lowest BCUT2D eigenvalue weighted by atomic mass is 9.94. The second-order valence-corrected chi connectivity index (χ2v) is 2.58. The van der Waals surface area contributed by atoms with Crippen LogP contribution in [0.4, 0.5) is 0 Å². The maximum absolute atomic E-state index is 9.00. The van der Waals surface area contributed by atoms with E-state index in [-0.39, 0.29) is 12.1 Å². The Balaban J connectivity index is 2.23. The van der Waals surface area contributed by atoms with Gasteiger partial charge >= 0.3 is 0 Å². The van der Waals surface area contributed by atoms with Gasteiger partial charge in [-0.3, -0.25) is 0 Å². The van der Waals surface area contributed by atoms with E-state index in [1.165, 1.54) is 0 Å². The minimum absolute atomic E-state index is 0.112. The largest absolute Gasteiger partial charge is 0.393 e. The average molecular weight is 115 g/mol. The van der Waals surface area contributed by atoms with Gasteiger partial charge in [0, 0.05) is 6.04 Å². The highest BCUT2D eigenvalue weighted by molar-refractivity contribution is 4.73. The van der Waals surface area contributed by atoms with Crippen LogP contribution in [0.15, 0.2) is 0 Å². The molecule has 2 atom stereocenters. The lowest BCUT2D eigenvalue weighted by Gasteiger charge is -2.21. The Morgan fingerprint density at radius 3 is 2.50 bits per heavy atom. The van der Waals surface area contributed by atoms with Gasteiger partial charge < -0.3 is 10.8 Å². The molecular weight excluding hydrogens is 102 g/mol. The summed E-state index contributed by atoms with van der Waals surface area (Å²) >= 11 is 0. The average Bonchev–Trinajstić information content (AvgIpc) is 1.64. The molecule has 8 heavy (non-hydrogen) atoms. The highest BCUT2D eigenvalue weighted by Crippen LogP contribution is 2.15. The van der Waals surface area contributed by atoms with Crippen LogP contribution >= 0.6 is 0 Å². The molecule has 1 fully saturated rings. The third-order valence-corrected chi connectivity index (χ3v) is 1.69. The van der Waals surface area contributed by atoms with Crippen LogP contribution in [0.5, 0.6) is 0 Å². The number of nitrogens with two attached hydrogens (primary N) is 1. The quantitative estimate of drug-likeness (QED) is 0.475. The summed E-state index contributed by atoms with van der Waals surface area (Å²) in [6, 6.07) is 0.263. The zero-order valence-electron chi connectivity index (χ0n) is 5.01. The van der Waals surface area contributed by atoms with E-state index in [1.54, 1.807) is 0 Å². The summed E-state index contributed by atoms with van der Waals surface area (Å²) in [7, 11) is 0. The van der Waals surface area contributed by atoms with E-state index in [2.05, 4.69) is 0 Å². The van der Waals surface area contributed by atoms with Crippen LogP contribution < -0.4 is 5.73 Å². The molecule has 0 bridgehead atoms. The van der Waals surface area contributed by atoms with Crippen molar-refractivity contribution >= 4 is 0 Å². The van der Waals surface area contributed by atoms with Gasteiger partial charge in [0.2, 0.25) is 0 Å². The molecule has 3 N–H and O–H groups in total. The molecule has 1 saturated carbocycles. The molecule has 0 amide bonds. The predicted molar refractivity (Wildman–Crippen MR) is 32.5 cm³/mol. The first-order chi connectivity index (χ1) is 3.79. The molecule has 2 nitrogen and oxygen atoms in total. The van der Waals surface area contributed by atoms with E-state index in [9.17, 15) is 0 Å². The van der Waals surface area contributed by atoms with Crippen LogP contribution in [-0.2, 0) is 0 Å². The van der Waals surface area contributed by atoms with E-state index >= 15 is 0 Å². The SMILES string of the molecule is N[C@@H]1CCCC(O)C1. The zero-order chi connectivity index (χ0) is 5.98. The van der Waals surface area contributed by atoms with Gasteiger partial charge in [-0.05, 0) is 25.7 Å². The molecule has 0 saturated heterocycles. The van der Waals surface area contributed by atoms with Gasteiger partial charge in [-0.15, -0.1) is 0 Å². The fourth-order valence-electron chi connectivity index (χ4n) is 1.20. The van der Waals surface area contributed by atoms with Crippen LogP contribution in [-0.4, -0.2) is 17.3 Å². The van der Waals surface area contributed by atoms with E-state index in [0.717, 1.165) is 25.7 Å². The van der Waals surface area contributed by atoms with Gasteiger partial charge in [-0.25, -0.2) is 0 Å². The summed E-state index contributed by atoms with van der Waals surface area (Å²) in [6.07, 6.45) is 3.84. The summed E-state index contributed by atoms with van der Waals surface area (Å²) in [5.41, 5.74) is 5.57. The molecule has 48 valence electrons. The van der Waals surface area contributed by atoms with Gasteiger partial charge in [-0.1, -0.05) is 0 Å². The first kappa shape index (κ1) is 6.05. The van der Waals surface area contributed by atoms with Crippen LogP contribution in [0.25, 0.3) is 0 Å². The summed E-state index contributed by atoms with van der Waals surface area (Å²) < 4.78 is 0. The lowest BCUT2D eigenvalue weighted by Crippen LogP contribution is -2.30. The van der Waals surface area contributed by atoms with E-state index in [0.29, 0.717) is 0 Å². The topological polar surface area (TPSA) is 46.2 Å². The third kappa shape index (κ3) is 1.46. The molecule has 2 heteroatoms. The van der Waals surface area contributed by atoms with Crippen LogP contribution in [0.1, 0.15) is 25.7 Å². The fraction of sp³-hybridized carbons (Fsp3) is 1.00. The molecule has 0 aromatic carbocycles. The van der Waals surface area contributed by atoms with Crippen molar-refractivity contribution in [3.63, 3.8) is 0 Å². The van der Waals surface area contributed by atoms with Crippen molar-refractivity contribution in [2.24, 2.45) is 5.73 Å². The van der Waals surface area contributed by atoms with Gasteiger partial charge in [-0.2, -0.15) is 0 Å². The highest BCUT2D eigenvalue weighted by atomic mass is 16.3. The molecule has 0 aromatic rings. The van der Waals surface area contributed by atoms with E-state index < -0.39 is 0 Å². The molecule has 1 rings (SSSR count). The number of hydrogen-bond donors (Lipinski definition) is 2. The summed E-state index contributed by atoms with van der Waals surface area (Å²) in [5, 5.41) is 9.00. The Morgan fingerprint density at radius 1 is 1.38 bits per heavy atom. The molecule has 0 spiro atoms. The first-order valence-corrected chi connectivity index (χ1v) is 3.22. The Hall–Kier alpha value is -0.0800. The summed E-state index contributed by atoms with van der Waals surface area (Å²) in [4.78, 5) is 0. The van der Waals surface area contributed by atoms with E-state index in [4.69, 9.17) is 10.8 Å². The van der Waals surface area contributed by atoms with Crippen LogP contribution in [0.3, 0.4) is 0 Å². The zero-order valence-corrected chi connectivity index (χ0v) is 5.01. The number of aliphatic hydroxyl groups is 1. The van der Waals surface area contributed by atoms with Crippen molar-refractivity contribution in [1.29, 1.82) is 0 Å². The molecule has 1 aliphatic carbocycles. The summed E-state index contributed by atoms with van der Waals surface area (Å²) in [5.74, 6) is 0. The van der Waals surface area contributed by atoms with Crippen molar-refractivity contribution in [2.75, 3.05) is 0 Å². The molecular formula is C6H13NO.